The Labute approximate surface area is 154 Å². The van der Waals surface area contributed by atoms with Gasteiger partial charge >= 0.3 is 6.18 Å². The van der Waals surface area contributed by atoms with Crippen molar-refractivity contribution in [2.75, 3.05) is 6.79 Å². The quantitative estimate of drug-likeness (QED) is 0.858. The molecular weight excluding hydrogens is 359 g/mol. The highest BCUT2D eigenvalue weighted by atomic mass is 19.4. The lowest BCUT2D eigenvalue weighted by Crippen LogP contribution is -2.28. The molecule has 2 aliphatic rings. The van der Waals surface area contributed by atoms with Crippen LogP contribution >= 0.6 is 0 Å². The molecule has 3 atom stereocenters. The Balaban J connectivity index is 1.44. The Morgan fingerprint density at radius 2 is 1.89 bits per heavy atom. The van der Waals surface area contributed by atoms with Crippen LogP contribution in [0.5, 0.6) is 11.5 Å². The number of nitrogens with one attached hydrogen (secondary N) is 1. The summed E-state index contributed by atoms with van der Waals surface area (Å²) in [5.41, 5.74) is 0.385. The van der Waals surface area contributed by atoms with Crippen molar-refractivity contribution < 1.29 is 27.4 Å². The predicted molar refractivity (Wildman–Crippen MR) is 91.4 cm³/mol. The molecule has 0 bridgehead atoms. The molecular formula is C20H18F3NO3. The van der Waals surface area contributed by atoms with Crippen molar-refractivity contribution in [3.8, 4) is 11.5 Å². The summed E-state index contributed by atoms with van der Waals surface area (Å²) in [7, 11) is 0. The van der Waals surface area contributed by atoms with E-state index in [-0.39, 0.29) is 24.3 Å². The van der Waals surface area contributed by atoms with E-state index in [0.29, 0.717) is 17.9 Å². The summed E-state index contributed by atoms with van der Waals surface area (Å²) >= 11 is 0. The van der Waals surface area contributed by atoms with E-state index in [2.05, 4.69) is 5.32 Å². The molecule has 1 saturated carbocycles. The average molecular weight is 377 g/mol. The van der Waals surface area contributed by atoms with Crippen LogP contribution in [-0.4, -0.2) is 12.7 Å². The lowest BCUT2D eigenvalue weighted by Gasteiger charge is -2.16. The molecule has 1 heterocycles. The maximum Gasteiger partial charge on any atom is 0.416 e. The van der Waals surface area contributed by atoms with Gasteiger partial charge in [0.15, 0.2) is 11.5 Å². The fourth-order valence-corrected chi connectivity index (χ4v) is 3.49. The summed E-state index contributed by atoms with van der Waals surface area (Å²) in [6, 6.07) is 10.6. The number of ether oxygens (including phenoxy) is 2. The minimum absolute atomic E-state index is 0.169. The van der Waals surface area contributed by atoms with Crippen LogP contribution in [0.25, 0.3) is 0 Å². The van der Waals surface area contributed by atoms with E-state index in [1.807, 2.05) is 13.0 Å². The number of hydrogen-bond acceptors (Lipinski definition) is 3. The van der Waals surface area contributed by atoms with E-state index in [4.69, 9.17) is 9.47 Å². The predicted octanol–water partition coefficient (Wildman–Crippen LogP) is 4.42. The second-order valence-corrected chi connectivity index (χ2v) is 6.88. The van der Waals surface area contributed by atoms with Crippen molar-refractivity contribution in [3.63, 3.8) is 0 Å². The highest BCUT2D eigenvalue weighted by molar-refractivity contribution is 5.83. The Kier molecular flexibility index (Phi) is 4.25. The molecule has 142 valence electrons. The largest absolute Gasteiger partial charge is 0.454 e. The zero-order chi connectivity index (χ0) is 19.2. The minimum Gasteiger partial charge on any atom is -0.454 e. The minimum atomic E-state index is -4.42. The first kappa shape index (κ1) is 17.7. The number of carbonyl (C=O) groups is 1. The van der Waals surface area contributed by atoms with Gasteiger partial charge < -0.3 is 14.8 Å². The molecule has 2 aromatic rings. The summed E-state index contributed by atoms with van der Waals surface area (Å²) < 4.78 is 50.1. The molecule has 1 amide bonds. The molecule has 0 spiro atoms. The van der Waals surface area contributed by atoms with Crippen LogP contribution in [0.3, 0.4) is 0 Å². The van der Waals surface area contributed by atoms with Gasteiger partial charge in [-0.1, -0.05) is 24.3 Å². The van der Waals surface area contributed by atoms with Gasteiger partial charge in [0.25, 0.3) is 0 Å². The number of alkyl halides is 3. The third-order valence-corrected chi connectivity index (χ3v) is 5.05. The number of hydrogen-bond donors (Lipinski definition) is 1. The SMILES string of the molecule is CC(NC(=O)C1CC1c1ccccc1C(F)(F)F)c1ccc2c(c1)OCO2. The molecule has 0 saturated heterocycles. The number of benzene rings is 2. The van der Waals surface area contributed by atoms with E-state index >= 15 is 0 Å². The third kappa shape index (κ3) is 3.46. The lowest BCUT2D eigenvalue weighted by atomic mass is 10.0. The number of fused-ring (bicyclic) bond motifs is 1. The van der Waals surface area contributed by atoms with E-state index in [9.17, 15) is 18.0 Å². The van der Waals surface area contributed by atoms with Crippen molar-refractivity contribution in [3.05, 3.63) is 59.2 Å². The molecule has 1 N–H and O–H groups in total. The number of halogens is 3. The van der Waals surface area contributed by atoms with Crippen molar-refractivity contribution in [1.29, 1.82) is 0 Å². The zero-order valence-electron chi connectivity index (χ0n) is 14.5. The van der Waals surface area contributed by atoms with Crippen LogP contribution in [0.1, 0.15) is 42.0 Å². The molecule has 1 fully saturated rings. The average Bonchev–Trinajstić information content (AvgIpc) is 3.30. The van der Waals surface area contributed by atoms with Gasteiger partial charge in [-0.05, 0) is 48.6 Å². The summed E-state index contributed by atoms with van der Waals surface area (Å²) in [5.74, 6) is 0.208. The van der Waals surface area contributed by atoms with Gasteiger partial charge in [0.2, 0.25) is 12.7 Å². The van der Waals surface area contributed by atoms with Crippen LogP contribution in [-0.2, 0) is 11.0 Å². The molecule has 1 aliphatic heterocycles. The Morgan fingerprint density at radius 1 is 1.15 bits per heavy atom. The number of carbonyl (C=O) groups excluding carboxylic acids is 1. The van der Waals surface area contributed by atoms with Crippen LogP contribution in [0.2, 0.25) is 0 Å². The second kappa shape index (κ2) is 6.48. The van der Waals surface area contributed by atoms with Crippen LogP contribution in [0, 0.1) is 5.92 Å². The van der Waals surface area contributed by atoms with Gasteiger partial charge in [0.05, 0.1) is 11.6 Å². The Morgan fingerprint density at radius 3 is 2.67 bits per heavy atom. The van der Waals surface area contributed by atoms with Crippen molar-refractivity contribution in [2.45, 2.75) is 31.5 Å². The highest BCUT2D eigenvalue weighted by Gasteiger charge is 2.48. The smallest absolute Gasteiger partial charge is 0.416 e. The second-order valence-electron chi connectivity index (χ2n) is 6.88. The number of amides is 1. The number of rotatable bonds is 4. The molecule has 1 aliphatic carbocycles. The van der Waals surface area contributed by atoms with Crippen LogP contribution in [0.4, 0.5) is 13.2 Å². The maximum atomic E-state index is 13.2. The van der Waals surface area contributed by atoms with E-state index in [1.165, 1.54) is 12.1 Å². The van der Waals surface area contributed by atoms with Crippen LogP contribution < -0.4 is 14.8 Å². The normalized spacial score (nSPS) is 21.6. The molecule has 2 aromatic carbocycles. The molecule has 0 radical (unpaired) electrons. The van der Waals surface area contributed by atoms with Gasteiger partial charge in [-0.15, -0.1) is 0 Å². The monoisotopic (exact) mass is 377 g/mol. The molecule has 7 heteroatoms. The first-order valence-electron chi connectivity index (χ1n) is 8.70. The molecule has 3 unspecified atom stereocenters. The summed E-state index contributed by atoms with van der Waals surface area (Å²) in [4.78, 5) is 12.5. The van der Waals surface area contributed by atoms with Gasteiger partial charge in [0, 0.05) is 5.92 Å². The highest BCUT2D eigenvalue weighted by Crippen LogP contribution is 2.51. The van der Waals surface area contributed by atoms with Crippen molar-refractivity contribution >= 4 is 5.91 Å². The first-order valence-corrected chi connectivity index (χ1v) is 8.70. The lowest BCUT2D eigenvalue weighted by molar-refractivity contribution is -0.138. The standard InChI is InChI=1S/C20H18F3NO3/c1-11(12-6-7-17-18(8-12)27-10-26-17)24-19(25)15-9-14(15)13-4-2-3-5-16(13)20(21,22)23/h2-8,11,14-15H,9-10H2,1H3,(H,24,25). The maximum absolute atomic E-state index is 13.2. The van der Waals surface area contributed by atoms with Gasteiger partial charge in [-0.2, -0.15) is 13.2 Å². The first-order chi connectivity index (χ1) is 12.8. The zero-order valence-corrected chi connectivity index (χ0v) is 14.5. The van der Waals surface area contributed by atoms with E-state index < -0.39 is 23.6 Å². The Bertz CT molecular complexity index is 881. The fourth-order valence-electron chi connectivity index (χ4n) is 3.49. The molecule has 4 nitrogen and oxygen atoms in total. The molecule has 4 rings (SSSR count). The van der Waals surface area contributed by atoms with Crippen molar-refractivity contribution in [1.82, 2.24) is 5.32 Å². The van der Waals surface area contributed by atoms with Crippen molar-refractivity contribution in [2.24, 2.45) is 5.92 Å². The molecule has 27 heavy (non-hydrogen) atoms. The fraction of sp³-hybridized carbons (Fsp3) is 0.350. The summed E-state index contributed by atoms with van der Waals surface area (Å²) in [6.07, 6.45) is -3.99. The van der Waals surface area contributed by atoms with E-state index in [1.54, 1.807) is 18.2 Å². The third-order valence-electron chi connectivity index (χ3n) is 5.05. The Hall–Kier alpha value is -2.70. The van der Waals surface area contributed by atoms with Gasteiger partial charge in [-0.3, -0.25) is 4.79 Å². The topological polar surface area (TPSA) is 47.6 Å². The van der Waals surface area contributed by atoms with E-state index in [0.717, 1.165) is 11.6 Å². The van der Waals surface area contributed by atoms with Gasteiger partial charge in [0.1, 0.15) is 0 Å². The van der Waals surface area contributed by atoms with Crippen LogP contribution in [0.15, 0.2) is 42.5 Å². The van der Waals surface area contributed by atoms with Gasteiger partial charge in [-0.25, -0.2) is 0 Å². The molecule has 0 aromatic heterocycles. The summed E-state index contributed by atoms with van der Waals surface area (Å²) in [6.45, 7) is 2.00. The summed E-state index contributed by atoms with van der Waals surface area (Å²) in [5, 5.41) is 2.89.